The van der Waals surface area contributed by atoms with Crippen LogP contribution in [0.25, 0.3) is 0 Å². The summed E-state index contributed by atoms with van der Waals surface area (Å²) < 4.78 is 0. The van der Waals surface area contributed by atoms with Crippen LogP contribution in [-0.4, -0.2) is 6.54 Å². The molecular weight excluding hydrogens is 198 g/mol. The van der Waals surface area contributed by atoms with Gasteiger partial charge in [-0.3, -0.25) is 0 Å². The summed E-state index contributed by atoms with van der Waals surface area (Å²) in [5, 5.41) is 0. The Balaban J connectivity index is 1.89. The van der Waals surface area contributed by atoms with Crippen molar-refractivity contribution >= 4 is 0 Å². The van der Waals surface area contributed by atoms with E-state index in [0.29, 0.717) is 0 Å². The van der Waals surface area contributed by atoms with E-state index >= 15 is 0 Å². The summed E-state index contributed by atoms with van der Waals surface area (Å²) in [6.07, 6.45) is 5.16. The van der Waals surface area contributed by atoms with Crippen LogP contribution in [-0.2, 0) is 6.54 Å². The van der Waals surface area contributed by atoms with Gasteiger partial charge in [0, 0.05) is 13.1 Å². The van der Waals surface area contributed by atoms with Gasteiger partial charge in [0.1, 0.15) is 0 Å². The third-order valence-electron chi connectivity index (χ3n) is 2.47. The Kier molecular flexibility index (Phi) is 7.68. The van der Waals surface area contributed by atoms with Crippen molar-refractivity contribution in [3.63, 3.8) is 0 Å². The lowest BCUT2D eigenvalue weighted by atomic mass is 10.2. The molecule has 0 fully saturated rings. The Hall–Kier alpha value is -0.900. The molecule has 0 aliphatic rings. The number of hydrogen-bond acceptors (Lipinski definition) is 3. The molecule has 3 heteroatoms. The number of hydrazine groups is 2. The van der Waals surface area contributed by atoms with Crippen LogP contribution in [0.1, 0.15) is 38.2 Å². The topological polar surface area (TPSA) is 36.1 Å². The van der Waals surface area contributed by atoms with Crippen LogP contribution < -0.4 is 16.4 Å². The highest BCUT2D eigenvalue weighted by Crippen LogP contribution is 1.97. The monoisotopic (exact) mass is 221 g/mol. The Morgan fingerprint density at radius 1 is 0.938 bits per heavy atom. The van der Waals surface area contributed by atoms with Crippen molar-refractivity contribution in [2.45, 2.75) is 39.2 Å². The molecule has 90 valence electrons. The summed E-state index contributed by atoms with van der Waals surface area (Å²) >= 11 is 0. The van der Waals surface area contributed by atoms with E-state index in [1.165, 1.54) is 31.2 Å². The second-order valence-electron chi connectivity index (χ2n) is 3.95. The molecular formula is C13H23N3. The molecule has 0 saturated heterocycles. The average Bonchev–Trinajstić information content (AvgIpc) is 2.34. The van der Waals surface area contributed by atoms with Gasteiger partial charge in [-0.15, -0.1) is 0 Å². The molecule has 0 aromatic heterocycles. The molecule has 0 saturated carbocycles. The van der Waals surface area contributed by atoms with Crippen LogP contribution in [0.15, 0.2) is 30.3 Å². The molecule has 1 aromatic carbocycles. The molecule has 1 rings (SSSR count). The largest absolute Gasteiger partial charge is 0.244 e. The summed E-state index contributed by atoms with van der Waals surface area (Å²) in [7, 11) is 0. The van der Waals surface area contributed by atoms with E-state index in [0.717, 1.165) is 13.1 Å². The van der Waals surface area contributed by atoms with Gasteiger partial charge in [-0.05, 0) is 12.0 Å². The van der Waals surface area contributed by atoms with E-state index in [4.69, 9.17) is 0 Å². The molecule has 16 heavy (non-hydrogen) atoms. The molecule has 0 atom stereocenters. The highest BCUT2D eigenvalue weighted by molar-refractivity contribution is 5.13. The highest BCUT2D eigenvalue weighted by atomic mass is 15.6. The summed E-state index contributed by atoms with van der Waals surface area (Å²) in [5.41, 5.74) is 10.6. The van der Waals surface area contributed by atoms with Gasteiger partial charge in [0.15, 0.2) is 0 Å². The fourth-order valence-corrected chi connectivity index (χ4v) is 1.51. The number of nitrogens with one attached hydrogen (secondary N) is 3. The quantitative estimate of drug-likeness (QED) is 0.442. The predicted molar refractivity (Wildman–Crippen MR) is 68.6 cm³/mol. The van der Waals surface area contributed by atoms with Gasteiger partial charge < -0.3 is 0 Å². The zero-order chi connectivity index (χ0) is 11.5. The van der Waals surface area contributed by atoms with Crippen molar-refractivity contribution in [3.05, 3.63) is 35.9 Å². The van der Waals surface area contributed by atoms with E-state index in [1.54, 1.807) is 0 Å². The smallest absolute Gasteiger partial charge is 0.0364 e. The van der Waals surface area contributed by atoms with Gasteiger partial charge in [-0.1, -0.05) is 56.5 Å². The fourth-order valence-electron chi connectivity index (χ4n) is 1.51. The van der Waals surface area contributed by atoms with Gasteiger partial charge in [-0.25, -0.2) is 10.9 Å². The van der Waals surface area contributed by atoms with Gasteiger partial charge in [0.25, 0.3) is 0 Å². The van der Waals surface area contributed by atoms with Crippen LogP contribution in [0.4, 0.5) is 0 Å². The van der Waals surface area contributed by atoms with Gasteiger partial charge in [0.2, 0.25) is 0 Å². The maximum atomic E-state index is 3.15. The van der Waals surface area contributed by atoms with Crippen LogP contribution in [0.3, 0.4) is 0 Å². The maximum Gasteiger partial charge on any atom is 0.0364 e. The molecule has 0 amide bonds. The summed E-state index contributed by atoms with van der Waals surface area (Å²) in [4.78, 5) is 0. The Morgan fingerprint density at radius 3 is 2.50 bits per heavy atom. The zero-order valence-electron chi connectivity index (χ0n) is 10.1. The molecule has 0 bridgehead atoms. The van der Waals surface area contributed by atoms with E-state index < -0.39 is 0 Å². The minimum absolute atomic E-state index is 0.836. The van der Waals surface area contributed by atoms with Gasteiger partial charge >= 0.3 is 0 Å². The fraction of sp³-hybridized carbons (Fsp3) is 0.538. The first-order chi connectivity index (χ1) is 7.93. The second kappa shape index (κ2) is 9.33. The molecule has 0 radical (unpaired) electrons. The minimum Gasteiger partial charge on any atom is -0.244 e. The Bertz CT molecular complexity index is 249. The first-order valence-electron chi connectivity index (χ1n) is 6.18. The minimum atomic E-state index is 0.836. The SMILES string of the molecule is CCCCCCNNNCc1ccccc1. The van der Waals surface area contributed by atoms with E-state index in [1.807, 2.05) is 6.07 Å². The van der Waals surface area contributed by atoms with Crippen LogP contribution >= 0.6 is 0 Å². The normalized spacial score (nSPS) is 10.6. The van der Waals surface area contributed by atoms with Gasteiger partial charge in [-0.2, -0.15) is 5.53 Å². The standard InChI is InChI=1S/C13H23N3/c1-2-3-4-8-11-14-16-15-12-13-9-6-5-7-10-13/h5-7,9-10,14-16H,2-4,8,11-12H2,1H3. The van der Waals surface area contributed by atoms with Crippen molar-refractivity contribution in [1.82, 2.24) is 16.4 Å². The lowest BCUT2D eigenvalue weighted by Crippen LogP contribution is -2.43. The zero-order valence-corrected chi connectivity index (χ0v) is 10.1. The van der Waals surface area contributed by atoms with Crippen LogP contribution in [0.5, 0.6) is 0 Å². The number of benzene rings is 1. The first-order valence-corrected chi connectivity index (χ1v) is 6.18. The number of unbranched alkanes of at least 4 members (excludes halogenated alkanes) is 3. The lowest BCUT2D eigenvalue weighted by molar-refractivity contribution is 0.422. The molecule has 1 aromatic rings. The van der Waals surface area contributed by atoms with Crippen molar-refractivity contribution < 1.29 is 0 Å². The van der Waals surface area contributed by atoms with Crippen LogP contribution in [0, 0.1) is 0 Å². The Morgan fingerprint density at radius 2 is 1.75 bits per heavy atom. The van der Waals surface area contributed by atoms with E-state index in [2.05, 4.69) is 47.6 Å². The molecule has 0 aliphatic carbocycles. The lowest BCUT2D eigenvalue weighted by Gasteiger charge is -2.08. The first kappa shape index (κ1) is 13.2. The highest BCUT2D eigenvalue weighted by Gasteiger charge is 1.90. The second-order valence-corrected chi connectivity index (χ2v) is 3.95. The molecule has 0 aliphatic heterocycles. The predicted octanol–water partition coefficient (Wildman–Crippen LogP) is 2.37. The van der Waals surface area contributed by atoms with Crippen molar-refractivity contribution in [1.29, 1.82) is 0 Å². The van der Waals surface area contributed by atoms with Crippen molar-refractivity contribution in [2.75, 3.05) is 6.54 Å². The Labute approximate surface area is 98.6 Å². The van der Waals surface area contributed by atoms with E-state index in [9.17, 15) is 0 Å². The molecule has 0 spiro atoms. The molecule has 3 N–H and O–H groups in total. The summed E-state index contributed by atoms with van der Waals surface area (Å²) in [6.45, 7) is 4.08. The number of rotatable bonds is 9. The molecule has 0 heterocycles. The number of hydrogen-bond donors (Lipinski definition) is 3. The third-order valence-corrected chi connectivity index (χ3v) is 2.47. The summed E-state index contributed by atoms with van der Waals surface area (Å²) in [6, 6.07) is 10.3. The third kappa shape index (κ3) is 6.56. The van der Waals surface area contributed by atoms with Crippen LogP contribution in [0.2, 0.25) is 0 Å². The maximum absolute atomic E-state index is 3.15. The van der Waals surface area contributed by atoms with Crippen molar-refractivity contribution in [2.24, 2.45) is 0 Å². The van der Waals surface area contributed by atoms with E-state index in [-0.39, 0.29) is 0 Å². The molecule has 3 nitrogen and oxygen atoms in total. The van der Waals surface area contributed by atoms with Gasteiger partial charge in [0.05, 0.1) is 0 Å². The summed E-state index contributed by atoms with van der Waals surface area (Å²) in [5.74, 6) is 0. The van der Waals surface area contributed by atoms with Crippen molar-refractivity contribution in [3.8, 4) is 0 Å². The molecule has 0 unspecified atom stereocenters. The average molecular weight is 221 g/mol.